The van der Waals surface area contributed by atoms with Crippen molar-refractivity contribution in [3.05, 3.63) is 34.0 Å². The zero-order chi connectivity index (χ0) is 22.4. The SMILES string of the molecule is COC(=O)/C=C(\OC)[C@H](C)[C@H](/C=C/c1csc(CCCCCCCC(C)C)n1)OC. The molecule has 0 aliphatic rings. The minimum atomic E-state index is -0.443. The number of thiazole rings is 1. The van der Waals surface area contributed by atoms with Gasteiger partial charge in [0.1, 0.15) is 5.76 Å². The molecule has 0 unspecified atom stereocenters. The highest BCUT2D eigenvalue weighted by Crippen LogP contribution is 2.21. The molecule has 2 atom stereocenters. The van der Waals surface area contributed by atoms with E-state index in [4.69, 9.17) is 14.5 Å². The fraction of sp³-hybridized carbons (Fsp3) is 0.667. The molecule has 1 aromatic heterocycles. The van der Waals surface area contributed by atoms with E-state index in [0.29, 0.717) is 5.76 Å². The second-order valence-electron chi connectivity index (χ2n) is 7.99. The molecule has 0 bridgehead atoms. The van der Waals surface area contributed by atoms with E-state index >= 15 is 0 Å². The first-order chi connectivity index (χ1) is 14.4. The van der Waals surface area contributed by atoms with Crippen molar-refractivity contribution < 1.29 is 19.0 Å². The average Bonchev–Trinajstić information content (AvgIpc) is 3.18. The molecule has 170 valence electrons. The lowest BCUT2D eigenvalue weighted by molar-refractivity contribution is -0.135. The van der Waals surface area contributed by atoms with E-state index in [1.54, 1.807) is 25.6 Å². The number of carbonyl (C=O) groups excluding carboxylic acids is 1. The number of nitrogens with zero attached hydrogens (tertiary/aromatic N) is 1. The Morgan fingerprint density at radius 2 is 1.77 bits per heavy atom. The van der Waals surface area contributed by atoms with Gasteiger partial charge in [-0.15, -0.1) is 11.3 Å². The van der Waals surface area contributed by atoms with Gasteiger partial charge >= 0.3 is 5.97 Å². The highest BCUT2D eigenvalue weighted by molar-refractivity contribution is 7.09. The van der Waals surface area contributed by atoms with Crippen molar-refractivity contribution >= 4 is 23.4 Å². The predicted molar refractivity (Wildman–Crippen MR) is 124 cm³/mol. The minimum Gasteiger partial charge on any atom is -0.500 e. The summed E-state index contributed by atoms with van der Waals surface area (Å²) in [4.78, 5) is 16.2. The van der Waals surface area contributed by atoms with Gasteiger partial charge < -0.3 is 14.2 Å². The van der Waals surface area contributed by atoms with Crippen LogP contribution in [0.25, 0.3) is 6.08 Å². The van der Waals surface area contributed by atoms with E-state index in [9.17, 15) is 4.79 Å². The van der Waals surface area contributed by atoms with E-state index in [1.807, 2.05) is 19.1 Å². The molecule has 0 aliphatic heterocycles. The van der Waals surface area contributed by atoms with Gasteiger partial charge in [-0.3, -0.25) is 0 Å². The van der Waals surface area contributed by atoms with Crippen LogP contribution >= 0.6 is 11.3 Å². The largest absolute Gasteiger partial charge is 0.500 e. The quantitative estimate of drug-likeness (QED) is 0.145. The zero-order valence-corrected chi connectivity index (χ0v) is 20.3. The van der Waals surface area contributed by atoms with Crippen molar-refractivity contribution in [1.82, 2.24) is 4.98 Å². The van der Waals surface area contributed by atoms with E-state index in [-0.39, 0.29) is 12.0 Å². The van der Waals surface area contributed by atoms with Crippen LogP contribution in [0.2, 0.25) is 0 Å². The van der Waals surface area contributed by atoms with Crippen molar-refractivity contribution in [2.45, 2.75) is 71.8 Å². The standard InChI is InChI=1S/C24H39NO4S/c1-18(2)12-10-8-7-9-11-13-23-25-20(17-30-23)14-15-21(27-4)19(3)22(28-5)16-24(26)29-6/h14-19,21H,7-13H2,1-6H3/b15-14+,22-16-/t19-,21+/m1/s1. The van der Waals surface area contributed by atoms with Crippen molar-refractivity contribution in [1.29, 1.82) is 0 Å². The molecular weight excluding hydrogens is 398 g/mol. The molecule has 0 amide bonds. The van der Waals surface area contributed by atoms with Gasteiger partial charge in [-0.25, -0.2) is 9.78 Å². The second-order valence-corrected chi connectivity index (χ2v) is 8.93. The van der Waals surface area contributed by atoms with Gasteiger partial charge in [0.05, 0.1) is 37.1 Å². The maximum atomic E-state index is 11.5. The molecule has 0 saturated carbocycles. The van der Waals surface area contributed by atoms with Crippen LogP contribution in [-0.2, 0) is 25.4 Å². The molecule has 1 rings (SSSR count). The average molecular weight is 438 g/mol. The third-order valence-corrected chi connectivity index (χ3v) is 6.04. The van der Waals surface area contributed by atoms with Gasteiger partial charge in [0.15, 0.2) is 0 Å². The molecular formula is C24H39NO4S. The molecule has 1 aromatic rings. The van der Waals surface area contributed by atoms with E-state index in [0.717, 1.165) is 18.0 Å². The first kappa shape index (κ1) is 26.4. The summed E-state index contributed by atoms with van der Waals surface area (Å²) in [6.45, 7) is 6.53. The normalized spacial score (nSPS) is 14.3. The van der Waals surface area contributed by atoms with Gasteiger partial charge in [0.2, 0.25) is 0 Å². The smallest absolute Gasteiger partial charge is 0.333 e. The number of methoxy groups -OCH3 is 3. The summed E-state index contributed by atoms with van der Waals surface area (Å²) in [5.74, 6) is 0.758. The Hall–Kier alpha value is -1.66. The number of rotatable bonds is 15. The number of aryl methyl sites for hydroxylation is 1. The Balaban J connectivity index is 2.51. The van der Waals surface area contributed by atoms with Crippen LogP contribution in [0.15, 0.2) is 23.3 Å². The predicted octanol–water partition coefficient (Wildman–Crippen LogP) is 6.05. The monoisotopic (exact) mass is 437 g/mol. The number of esters is 1. The molecule has 0 spiro atoms. The zero-order valence-electron chi connectivity index (χ0n) is 19.5. The van der Waals surface area contributed by atoms with Crippen LogP contribution < -0.4 is 0 Å². The highest BCUT2D eigenvalue weighted by atomic mass is 32.1. The lowest BCUT2D eigenvalue weighted by Gasteiger charge is -2.21. The maximum absolute atomic E-state index is 11.5. The molecule has 0 saturated heterocycles. The molecule has 0 N–H and O–H groups in total. The Bertz CT molecular complexity index is 666. The third kappa shape index (κ3) is 10.4. The fourth-order valence-corrected chi connectivity index (χ4v) is 4.04. The summed E-state index contributed by atoms with van der Waals surface area (Å²) >= 11 is 1.71. The summed E-state index contributed by atoms with van der Waals surface area (Å²) in [7, 11) is 4.53. The van der Waals surface area contributed by atoms with E-state index in [1.165, 1.54) is 56.7 Å². The Morgan fingerprint density at radius 3 is 2.40 bits per heavy atom. The summed E-state index contributed by atoms with van der Waals surface area (Å²) < 4.78 is 15.6. The Morgan fingerprint density at radius 1 is 1.07 bits per heavy atom. The van der Waals surface area contributed by atoms with Crippen molar-refractivity contribution in [2.75, 3.05) is 21.3 Å². The van der Waals surface area contributed by atoms with Crippen LogP contribution in [0.4, 0.5) is 0 Å². The number of hydrogen-bond acceptors (Lipinski definition) is 6. The molecule has 0 radical (unpaired) electrons. The van der Waals surface area contributed by atoms with Gasteiger partial charge in [0, 0.05) is 18.4 Å². The summed E-state index contributed by atoms with van der Waals surface area (Å²) in [6.07, 6.45) is 13.9. The van der Waals surface area contributed by atoms with Gasteiger partial charge in [-0.1, -0.05) is 59.0 Å². The van der Waals surface area contributed by atoms with Crippen molar-refractivity contribution in [3.63, 3.8) is 0 Å². The highest BCUT2D eigenvalue weighted by Gasteiger charge is 2.20. The minimum absolute atomic E-state index is 0.135. The molecule has 30 heavy (non-hydrogen) atoms. The Labute approximate surface area is 186 Å². The Kier molecular flexibility index (Phi) is 13.4. The van der Waals surface area contributed by atoms with Crippen molar-refractivity contribution in [2.24, 2.45) is 11.8 Å². The van der Waals surface area contributed by atoms with Gasteiger partial charge in [-0.2, -0.15) is 0 Å². The molecule has 0 aliphatic carbocycles. The van der Waals surface area contributed by atoms with Gasteiger partial charge in [0.25, 0.3) is 0 Å². The summed E-state index contributed by atoms with van der Waals surface area (Å²) in [5, 5.41) is 3.26. The molecule has 5 nitrogen and oxygen atoms in total. The van der Waals surface area contributed by atoms with Crippen LogP contribution in [-0.4, -0.2) is 38.4 Å². The lowest BCUT2D eigenvalue weighted by atomic mass is 10.0. The molecule has 6 heteroatoms. The van der Waals surface area contributed by atoms with Crippen molar-refractivity contribution in [3.8, 4) is 0 Å². The lowest BCUT2D eigenvalue weighted by Crippen LogP contribution is -2.21. The summed E-state index contributed by atoms with van der Waals surface area (Å²) in [6, 6.07) is 0. The van der Waals surface area contributed by atoms with Crippen LogP contribution in [0, 0.1) is 11.8 Å². The first-order valence-corrected chi connectivity index (χ1v) is 11.8. The third-order valence-electron chi connectivity index (χ3n) is 5.11. The topological polar surface area (TPSA) is 57.7 Å². The molecule has 1 heterocycles. The number of ether oxygens (including phenoxy) is 3. The maximum Gasteiger partial charge on any atom is 0.333 e. The fourth-order valence-electron chi connectivity index (χ4n) is 3.23. The van der Waals surface area contributed by atoms with Crippen LogP contribution in [0.5, 0.6) is 0 Å². The molecule has 0 aromatic carbocycles. The molecule has 0 fully saturated rings. The van der Waals surface area contributed by atoms with E-state index < -0.39 is 5.97 Å². The number of unbranched alkanes of at least 4 members (excludes halogenated alkanes) is 4. The van der Waals surface area contributed by atoms with E-state index in [2.05, 4.69) is 24.0 Å². The van der Waals surface area contributed by atoms with Crippen LogP contribution in [0.3, 0.4) is 0 Å². The number of aromatic nitrogens is 1. The van der Waals surface area contributed by atoms with Gasteiger partial charge in [-0.05, 0) is 24.8 Å². The first-order valence-electron chi connectivity index (χ1n) is 10.9. The second kappa shape index (κ2) is 15.2. The van der Waals surface area contributed by atoms with Crippen LogP contribution in [0.1, 0.15) is 70.0 Å². The summed E-state index contributed by atoms with van der Waals surface area (Å²) in [5.41, 5.74) is 0.942. The number of hydrogen-bond donors (Lipinski definition) is 0. The number of carbonyl (C=O) groups is 1.